The van der Waals surface area contributed by atoms with Gasteiger partial charge in [0.25, 0.3) is 0 Å². The molecule has 4 heteroatoms. The Balaban J connectivity index is 0.733. The summed E-state index contributed by atoms with van der Waals surface area (Å²) in [4.78, 5) is 9.38. The number of fused-ring (bicyclic) bond motifs is 2. The third-order valence-corrected chi connectivity index (χ3v) is 16.3. The molecule has 0 bridgehead atoms. The highest BCUT2D eigenvalue weighted by Gasteiger charge is 2.19. The maximum atomic E-state index is 2.37. The van der Waals surface area contributed by atoms with Crippen molar-refractivity contribution in [2.75, 3.05) is 19.6 Å². The Bertz CT molecular complexity index is 4590. The molecule has 0 unspecified atom stereocenters. The van der Waals surface area contributed by atoms with Gasteiger partial charge in [0.1, 0.15) is 0 Å². The van der Waals surface area contributed by atoms with Crippen LogP contribution in [0.2, 0.25) is 0 Å². The normalized spacial score (nSPS) is 11.1. The van der Waals surface area contributed by atoms with Crippen molar-refractivity contribution >= 4 is 89.8 Å². The lowest BCUT2D eigenvalue weighted by Gasteiger charge is -2.27. The minimum atomic E-state index is 0.766. The second kappa shape index (κ2) is 23.9. The third kappa shape index (κ3) is 11.1. The van der Waals surface area contributed by atoms with Gasteiger partial charge < -0.3 is 19.6 Å². The zero-order valence-corrected chi connectivity index (χ0v) is 47.9. The van der Waals surface area contributed by atoms with Crippen LogP contribution in [0.25, 0.3) is 43.8 Å². The average Bonchev–Trinajstić information content (AvgIpc) is 2.74. The minimum Gasteiger partial charge on any atom is -0.310 e. The van der Waals surface area contributed by atoms with Crippen LogP contribution in [0.15, 0.2) is 346 Å². The largest absolute Gasteiger partial charge is 0.310 e. The Morgan fingerprint density at radius 2 is 0.523 bits per heavy atom. The van der Waals surface area contributed by atoms with Gasteiger partial charge in [0.15, 0.2) is 0 Å². The molecule has 410 valence electrons. The molecule has 4 nitrogen and oxygen atoms in total. The number of aryl methyl sites for hydroxylation is 1. The maximum Gasteiger partial charge on any atom is 0.0468 e. The molecule has 0 fully saturated rings. The highest BCUT2D eigenvalue weighted by atomic mass is 15.2. The van der Waals surface area contributed by atoms with E-state index in [0.717, 1.165) is 96.9 Å². The molecule has 0 amide bonds. The number of rotatable bonds is 16. The molecule has 0 saturated heterocycles. The summed E-state index contributed by atoms with van der Waals surface area (Å²) < 4.78 is 0. The zero-order valence-electron chi connectivity index (χ0n) is 47.9. The van der Waals surface area contributed by atoms with E-state index in [0.29, 0.717) is 0 Å². The van der Waals surface area contributed by atoms with Crippen molar-refractivity contribution in [3.8, 4) is 22.3 Å². The fraction of sp³-hybridized carbons (Fsp3) is 0.0244. The van der Waals surface area contributed by atoms with Crippen LogP contribution in [0.5, 0.6) is 0 Å². The van der Waals surface area contributed by atoms with Crippen molar-refractivity contribution in [3.05, 3.63) is 362 Å². The van der Waals surface area contributed by atoms with Crippen molar-refractivity contribution in [3.63, 3.8) is 0 Å². The van der Waals surface area contributed by atoms with Crippen LogP contribution in [0.4, 0.5) is 68.2 Å². The molecule has 0 saturated carbocycles. The first-order valence-electron chi connectivity index (χ1n) is 29.5. The van der Waals surface area contributed by atoms with Crippen LogP contribution < -0.4 is 19.6 Å². The molecule has 14 rings (SSSR count). The number of anilines is 12. The van der Waals surface area contributed by atoms with Crippen molar-refractivity contribution in [1.29, 1.82) is 0 Å². The van der Waals surface area contributed by atoms with Crippen LogP contribution in [-0.2, 0) is 6.42 Å². The van der Waals surface area contributed by atoms with Crippen molar-refractivity contribution < 1.29 is 0 Å². The molecule has 86 heavy (non-hydrogen) atoms. The Morgan fingerprint density at radius 1 is 0.209 bits per heavy atom. The van der Waals surface area contributed by atoms with Gasteiger partial charge in [-0.2, -0.15) is 0 Å². The van der Waals surface area contributed by atoms with E-state index in [1.54, 1.807) is 0 Å². The highest BCUT2D eigenvalue weighted by molar-refractivity contribution is 5.93. The van der Waals surface area contributed by atoms with Crippen LogP contribution in [0.1, 0.15) is 16.7 Å². The summed E-state index contributed by atoms with van der Waals surface area (Å²) >= 11 is 0. The summed E-state index contributed by atoms with van der Waals surface area (Å²) in [5, 5.41) is 4.88. The topological polar surface area (TPSA) is 13.0 Å². The molecular weight excluding hydrogens is 1040 g/mol. The number of hydrogen-bond donors (Lipinski definition) is 0. The van der Waals surface area contributed by atoms with Gasteiger partial charge in [0.05, 0.1) is 0 Å². The predicted molar refractivity (Wildman–Crippen MR) is 365 cm³/mol. The maximum absolute atomic E-state index is 2.37. The summed E-state index contributed by atoms with van der Waals surface area (Å²) in [7, 11) is 0. The Hall–Kier alpha value is -11.2. The summed E-state index contributed by atoms with van der Waals surface area (Å²) in [6.07, 6.45) is 0.766. The van der Waals surface area contributed by atoms with Crippen LogP contribution in [0.3, 0.4) is 0 Å². The fourth-order valence-corrected chi connectivity index (χ4v) is 12.0. The van der Waals surface area contributed by atoms with E-state index < -0.39 is 0 Å². The molecule has 0 radical (unpaired) electrons. The van der Waals surface area contributed by atoms with Crippen LogP contribution in [0, 0.1) is 6.92 Å². The molecule has 0 heterocycles. The van der Waals surface area contributed by atoms with Gasteiger partial charge in [-0.1, -0.05) is 200 Å². The number of nitrogens with zero attached hydrogens (tertiary/aromatic N) is 4. The quantitative estimate of drug-likeness (QED) is 0.0956. The van der Waals surface area contributed by atoms with Gasteiger partial charge in [-0.3, -0.25) is 0 Å². The first kappa shape index (κ1) is 52.8. The Morgan fingerprint density at radius 3 is 0.965 bits per heavy atom. The molecule has 14 aromatic rings. The van der Waals surface area contributed by atoms with E-state index >= 15 is 0 Å². The summed E-state index contributed by atoms with van der Waals surface area (Å²) in [6.45, 7) is 2.14. The zero-order chi connectivity index (χ0) is 57.6. The van der Waals surface area contributed by atoms with E-state index in [9.17, 15) is 0 Å². The van der Waals surface area contributed by atoms with Gasteiger partial charge >= 0.3 is 0 Å². The molecule has 0 aliphatic heterocycles. The van der Waals surface area contributed by atoms with E-state index in [1.165, 1.54) is 38.2 Å². The predicted octanol–water partition coefficient (Wildman–Crippen LogP) is 23.1. The molecule has 14 aromatic carbocycles. The van der Waals surface area contributed by atoms with Gasteiger partial charge in [-0.15, -0.1) is 0 Å². The monoisotopic (exact) mass is 1100 g/mol. The van der Waals surface area contributed by atoms with Gasteiger partial charge in [0, 0.05) is 68.2 Å². The van der Waals surface area contributed by atoms with Gasteiger partial charge in [-0.25, -0.2) is 0 Å². The summed E-state index contributed by atoms with van der Waals surface area (Å²) in [5.41, 5.74) is 21.7. The number of para-hydroxylation sites is 4. The molecule has 0 aromatic heterocycles. The van der Waals surface area contributed by atoms with Gasteiger partial charge in [0.2, 0.25) is 0 Å². The third-order valence-electron chi connectivity index (χ3n) is 16.3. The molecule has 0 aliphatic carbocycles. The molecular formula is C82H62N4. The highest BCUT2D eigenvalue weighted by Crippen LogP contribution is 2.42. The first-order valence-corrected chi connectivity index (χ1v) is 29.5. The van der Waals surface area contributed by atoms with E-state index in [4.69, 9.17) is 0 Å². The van der Waals surface area contributed by atoms with Crippen LogP contribution >= 0.6 is 0 Å². The SMILES string of the molecule is Cc1cccc(N(c2ccccc2)c2ccc(-c3ccc(N(c4ccccc4)c4cccc(Cc5cccc6ccc(N(c7ccccc7)c7ccc(-c8ccc(N(c9ccccc9)c9ccc%10ccccc%10c9)cc8)cc7)cc56)c4)cc3)cc2)c1. The van der Waals surface area contributed by atoms with Crippen molar-refractivity contribution in [2.45, 2.75) is 13.3 Å². The summed E-state index contributed by atoms with van der Waals surface area (Å²) in [6, 6.07) is 125. The molecule has 0 atom stereocenters. The lowest BCUT2D eigenvalue weighted by molar-refractivity contribution is 1.19. The lowest BCUT2D eigenvalue weighted by atomic mass is 9.97. The van der Waals surface area contributed by atoms with E-state index in [-0.39, 0.29) is 0 Å². The number of hydrogen-bond acceptors (Lipinski definition) is 4. The van der Waals surface area contributed by atoms with E-state index in [2.05, 4.69) is 372 Å². The first-order chi connectivity index (χ1) is 42.5. The standard InChI is InChI=1S/C82H62N4/c1-60-19-16-33-78(55-60)83(70-25-6-2-7-26-70)74-45-35-63(36-46-74)64-37-47-75(48-38-64)84(71-27-8-3-9-28-71)79-34-17-20-61(57-79)56-69-24-18-23-67-44-54-81(59-82(67)69)86(73-31-12-5-13-32-73)77-51-41-66(42-52-77)65-39-49-76(50-40-65)85(72-29-10-4-11-30-72)80-53-43-62-21-14-15-22-68(62)58-80/h2-55,57-59H,56H2,1H3. The van der Waals surface area contributed by atoms with E-state index in [1.807, 2.05) is 0 Å². The molecule has 0 spiro atoms. The average molecular weight is 1100 g/mol. The van der Waals surface area contributed by atoms with Crippen LogP contribution in [-0.4, -0.2) is 0 Å². The second-order valence-electron chi connectivity index (χ2n) is 21.9. The fourth-order valence-electron chi connectivity index (χ4n) is 12.0. The molecule has 0 aliphatic rings. The van der Waals surface area contributed by atoms with Gasteiger partial charge in [-0.05, 0) is 219 Å². The Labute approximate surface area is 504 Å². The minimum absolute atomic E-state index is 0.766. The molecule has 0 N–H and O–H groups in total. The smallest absolute Gasteiger partial charge is 0.0468 e. The Kier molecular flexibility index (Phi) is 14.7. The van der Waals surface area contributed by atoms with Crippen molar-refractivity contribution in [1.82, 2.24) is 0 Å². The van der Waals surface area contributed by atoms with Crippen molar-refractivity contribution in [2.24, 2.45) is 0 Å². The number of benzene rings is 14. The summed E-state index contributed by atoms with van der Waals surface area (Å²) in [5.74, 6) is 0. The second-order valence-corrected chi connectivity index (χ2v) is 21.9. The lowest BCUT2D eigenvalue weighted by Crippen LogP contribution is -2.10.